The molecule has 0 aromatic heterocycles. The van der Waals surface area contributed by atoms with Crippen molar-refractivity contribution in [1.29, 1.82) is 0 Å². The zero-order valence-electron chi connectivity index (χ0n) is 11.4. The zero-order valence-corrected chi connectivity index (χ0v) is 12.2. The Labute approximate surface area is 127 Å². The van der Waals surface area contributed by atoms with Crippen LogP contribution >= 0.6 is 11.6 Å². The largest absolute Gasteiger partial charge is 0.495 e. The van der Waals surface area contributed by atoms with Crippen molar-refractivity contribution in [1.82, 2.24) is 0 Å². The van der Waals surface area contributed by atoms with E-state index in [1.165, 1.54) is 7.11 Å². The van der Waals surface area contributed by atoms with Gasteiger partial charge in [0.2, 0.25) is 0 Å². The van der Waals surface area contributed by atoms with Crippen molar-refractivity contribution in [3.8, 4) is 11.5 Å². The minimum atomic E-state index is -0.334. The molecule has 0 aliphatic carbocycles. The molecular formula is C15H15ClN2O3. The second-order valence-corrected chi connectivity index (χ2v) is 4.66. The van der Waals surface area contributed by atoms with Gasteiger partial charge >= 0.3 is 0 Å². The topological polar surface area (TPSA) is 73.6 Å². The number of nitrogen functional groups attached to an aromatic ring is 1. The number of nitrogens with two attached hydrogens (primary N) is 1. The Kier molecular flexibility index (Phi) is 4.90. The van der Waals surface area contributed by atoms with Gasteiger partial charge in [0.05, 0.1) is 18.5 Å². The van der Waals surface area contributed by atoms with E-state index in [1.807, 2.05) is 0 Å². The molecule has 1 amide bonds. The predicted molar refractivity (Wildman–Crippen MR) is 83.0 cm³/mol. The molecule has 2 aromatic rings. The van der Waals surface area contributed by atoms with Crippen LogP contribution in [0.2, 0.25) is 5.02 Å². The first-order chi connectivity index (χ1) is 10.1. The van der Waals surface area contributed by atoms with Crippen molar-refractivity contribution in [3.63, 3.8) is 0 Å². The lowest BCUT2D eigenvalue weighted by Gasteiger charge is -2.12. The van der Waals surface area contributed by atoms with Crippen LogP contribution in [0.15, 0.2) is 42.5 Å². The molecule has 0 unspecified atom stereocenters. The highest BCUT2D eigenvalue weighted by atomic mass is 35.5. The number of nitrogens with one attached hydrogen (secondary N) is 1. The van der Waals surface area contributed by atoms with Crippen molar-refractivity contribution in [2.75, 3.05) is 24.8 Å². The maximum atomic E-state index is 11.9. The average molecular weight is 307 g/mol. The van der Waals surface area contributed by atoms with E-state index in [4.69, 9.17) is 26.8 Å². The molecule has 0 saturated heterocycles. The normalized spacial score (nSPS) is 10.0. The number of methoxy groups -OCH3 is 1. The van der Waals surface area contributed by atoms with E-state index in [2.05, 4.69) is 5.32 Å². The average Bonchev–Trinajstić information content (AvgIpc) is 2.47. The van der Waals surface area contributed by atoms with Gasteiger partial charge in [-0.1, -0.05) is 23.7 Å². The number of rotatable bonds is 5. The number of halogens is 1. The van der Waals surface area contributed by atoms with Crippen LogP contribution in [0, 0.1) is 0 Å². The van der Waals surface area contributed by atoms with Crippen molar-refractivity contribution in [2.24, 2.45) is 0 Å². The third kappa shape index (κ3) is 4.03. The Bertz CT molecular complexity index is 647. The first-order valence-corrected chi connectivity index (χ1v) is 6.58. The van der Waals surface area contributed by atoms with Crippen molar-refractivity contribution >= 4 is 28.9 Å². The molecule has 0 spiro atoms. The minimum absolute atomic E-state index is 0.163. The molecule has 0 atom stereocenters. The molecule has 0 radical (unpaired) electrons. The SMILES string of the molecule is COc1ccc(Cl)cc1NC(=O)COc1ccccc1N. The Morgan fingerprint density at radius 3 is 2.71 bits per heavy atom. The summed E-state index contributed by atoms with van der Waals surface area (Å²) in [5, 5.41) is 3.18. The maximum absolute atomic E-state index is 11.9. The van der Waals surface area contributed by atoms with E-state index in [0.717, 1.165) is 0 Å². The molecule has 0 aliphatic rings. The van der Waals surface area contributed by atoms with Gasteiger partial charge in [-0.2, -0.15) is 0 Å². The van der Waals surface area contributed by atoms with Gasteiger partial charge in [-0.25, -0.2) is 0 Å². The Balaban J connectivity index is 1.99. The Morgan fingerprint density at radius 2 is 2.00 bits per heavy atom. The summed E-state index contributed by atoms with van der Waals surface area (Å²) in [5.74, 6) is 0.650. The van der Waals surface area contributed by atoms with Crippen LogP contribution in [0.5, 0.6) is 11.5 Å². The summed E-state index contributed by atoms with van der Waals surface area (Å²) in [6.07, 6.45) is 0. The van der Waals surface area contributed by atoms with Gasteiger partial charge in [-0.15, -0.1) is 0 Å². The first kappa shape index (κ1) is 15.0. The number of hydrogen-bond acceptors (Lipinski definition) is 4. The molecule has 0 bridgehead atoms. The number of benzene rings is 2. The Morgan fingerprint density at radius 1 is 1.24 bits per heavy atom. The van der Waals surface area contributed by atoms with Crippen molar-refractivity contribution < 1.29 is 14.3 Å². The molecule has 21 heavy (non-hydrogen) atoms. The summed E-state index contributed by atoms with van der Waals surface area (Å²) >= 11 is 5.90. The molecule has 2 aromatic carbocycles. The lowest BCUT2D eigenvalue weighted by molar-refractivity contribution is -0.118. The number of ether oxygens (including phenoxy) is 2. The predicted octanol–water partition coefficient (Wildman–Crippen LogP) is 2.95. The van der Waals surface area contributed by atoms with Gasteiger partial charge in [0.1, 0.15) is 11.5 Å². The molecule has 0 heterocycles. The van der Waals surface area contributed by atoms with Crippen LogP contribution in [0.1, 0.15) is 0 Å². The molecule has 6 heteroatoms. The summed E-state index contributed by atoms with van der Waals surface area (Å²) < 4.78 is 10.5. The lowest BCUT2D eigenvalue weighted by atomic mass is 10.3. The molecule has 110 valence electrons. The fourth-order valence-corrected chi connectivity index (χ4v) is 1.89. The molecule has 0 fully saturated rings. The van der Waals surface area contributed by atoms with Crippen LogP contribution in [-0.2, 0) is 4.79 Å². The maximum Gasteiger partial charge on any atom is 0.262 e. The Hall–Kier alpha value is -2.40. The van der Waals surface area contributed by atoms with Crippen LogP contribution in [-0.4, -0.2) is 19.6 Å². The summed E-state index contributed by atoms with van der Waals surface area (Å²) in [6, 6.07) is 11.9. The monoisotopic (exact) mass is 306 g/mol. The number of anilines is 2. The molecule has 0 aliphatic heterocycles. The molecule has 0 saturated carbocycles. The van der Waals surface area contributed by atoms with Gasteiger partial charge in [-0.05, 0) is 30.3 Å². The molecule has 5 nitrogen and oxygen atoms in total. The van der Waals surface area contributed by atoms with E-state index < -0.39 is 0 Å². The molecule has 2 rings (SSSR count). The molecular weight excluding hydrogens is 292 g/mol. The van der Waals surface area contributed by atoms with Crippen LogP contribution in [0.25, 0.3) is 0 Å². The second kappa shape index (κ2) is 6.85. The summed E-state index contributed by atoms with van der Waals surface area (Å²) in [4.78, 5) is 11.9. The van der Waals surface area contributed by atoms with Gasteiger partial charge in [-0.3, -0.25) is 4.79 Å². The number of carbonyl (C=O) groups is 1. The van der Waals surface area contributed by atoms with Crippen molar-refractivity contribution in [3.05, 3.63) is 47.5 Å². The smallest absolute Gasteiger partial charge is 0.262 e. The van der Waals surface area contributed by atoms with Gasteiger partial charge in [0.15, 0.2) is 6.61 Å². The summed E-state index contributed by atoms with van der Waals surface area (Å²) in [6.45, 7) is -0.163. The third-order valence-electron chi connectivity index (χ3n) is 2.71. The van der Waals surface area contributed by atoms with E-state index in [0.29, 0.717) is 27.9 Å². The standard InChI is InChI=1S/C15H15ClN2O3/c1-20-14-7-6-10(16)8-12(14)18-15(19)9-21-13-5-3-2-4-11(13)17/h2-8H,9,17H2,1H3,(H,18,19). The first-order valence-electron chi connectivity index (χ1n) is 6.21. The third-order valence-corrected chi connectivity index (χ3v) is 2.95. The van der Waals surface area contributed by atoms with Crippen LogP contribution < -0.4 is 20.5 Å². The van der Waals surface area contributed by atoms with Crippen LogP contribution in [0.4, 0.5) is 11.4 Å². The van der Waals surface area contributed by atoms with Crippen LogP contribution in [0.3, 0.4) is 0 Å². The highest BCUT2D eigenvalue weighted by Gasteiger charge is 2.09. The number of hydrogen-bond donors (Lipinski definition) is 2. The van der Waals surface area contributed by atoms with Gasteiger partial charge in [0.25, 0.3) is 5.91 Å². The van der Waals surface area contributed by atoms with Gasteiger partial charge < -0.3 is 20.5 Å². The highest BCUT2D eigenvalue weighted by molar-refractivity contribution is 6.31. The number of amides is 1. The van der Waals surface area contributed by atoms with Crippen molar-refractivity contribution in [2.45, 2.75) is 0 Å². The van der Waals surface area contributed by atoms with E-state index >= 15 is 0 Å². The highest BCUT2D eigenvalue weighted by Crippen LogP contribution is 2.27. The van der Waals surface area contributed by atoms with Gasteiger partial charge in [0, 0.05) is 5.02 Å². The summed E-state index contributed by atoms with van der Waals surface area (Å²) in [5.41, 5.74) is 6.69. The fourth-order valence-electron chi connectivity index (χ4n) is 1.72. The van der Waals surface area contributed by atoms with E-state index in [9.17, 15) is 4.79 Å². The minimum Gasteiger partial charge on any atom is -0.495 e. The lowest BCUT2D eigenvalue weighted by Crippen LogP contribution is -2.20. The molecule has 3 N–H and O–H groups in total. The number of carbonyl (C=O) groups excluding carboxylic acids is 1. The fraction of sp³-hybridized carbons (Fsp3) is 0.133. The second-order valence-electron chi connectivity index (χ2n) is 4.22. The van der Waals surface area contributed by atoms with E-state index in [-0.39, 0.29) is 12.5 Å². The zero-order chi connectivity index (χ0) is 15.2. The number of para-hydroxylation sites is 2. The van der Waals surface area contributed by atoms with E-state index in [1.54, 1.807) is 42.5 Å². The summed E-state index contributed by atoms with van der Waals surface area (Å²) in [7, 11) is 1.51. The quantitative estimate of drug-likeness (QED) is 0.833.